The highest BCUT2D eigenvalue weighted by Gasteiger charge is 2.19. The van der Waals surface area contributed by atoms with Crippen LogP contribution in [0.3, 0.4) is 0 Å². The zero-order valence-electron chi connectivity index (χ0n) is 20.4. The lowest BCUT2D eigenvalue weighted by Gasteiger charge is -2.32. The third kappa shape index (κ3) is 7.95. The fourth-order valence-electron chi connectivity index (χ4n) is 4.82. The lowest BCUT2D eigenvalue weighted by atomic mass is 9.93. The predicted octanol–water partition coefficient (Wildman–Crippen LogP) is 5.80. The summed E-state index contributed by atoms with van der Waals surface area (Å²) in [4.78, 5) is 2.58. The SMILES string of the molecule is Cc1cc(C)c(-c2ccc(NCCC3CCN(Cc4ccccc4)CC3)nn2)c(C)c1.Cl.Cl.O. The summed E-state index contributed by atoms with van der Waals surface area (Å²) < 4.78 is 0. The van der Waals surface area contributed by atoms with Crippen molar-refractivity contribution in [3.05, 3.63) is 76.9 Å². The molecule has 34 heavy (non-hydrogen) atoms. The molecule has 0 saturated carbocycles. The van der Waals surface area contributed by atoms with Crippen LogP contribution in [0.25, 0.3) is 11.3 Å². The number of benzene rings is 2. The van der Waals surface area contributed by atoms with Crippen LogP contribution < -0.4 is 5.32 Å². The molecule has 0 unspecified atom stereocenters. The second-order valence-electron chi connectivity index (χ2n) is 9.00. The van der Waals surface area contributed by atoms with Crippen molar-refractivity contribution in [3.63, 3.8) is 0 Å². The summed E-state index contributed by atoms with van der Waals surface area (Å²) in [7, 11) is 0. The molecular weight excluding hydrogens is 467 g/mol. The molecule has 0 bridgehead atoms. The molecule has 1 aliphatic heterocycles. The van der Waals surface area contributed by atoms with Gasteiger partial charge in [-0.05, 0) is 87.9 Å². The molecule has 1 fully saturated rings. The summed E-state index contributed by atoms with van der Waals surface area (Å²) in [6.45, 7) is 10.9. The minimum Gasteiger partial charge on any atom is -0.412 e. The number of halogens is 2. The highest BCUT2D eigenvalue weighted by Crippen LogP contribution is 2.27. The molecule has 2 aromatic carbocycles. The van der Waals surface area contributed by atoms with Crippen molar-refractivity contribution >= 4 is 30.6 Å². The van der Waals surface area contributed by atoms with Crippen LogP contribution in [0.15, 0.2) is 54.6 Å². The van der Waals surface area contributed by atoms with E-state index in [1.807, 2.05) is 0 Å². The molecule has 0 spiro atoms. The fraction of sp³-hybridized carbons (Fsp3) is 0.407. The lowest BCUT2D eigenvalue weighted by Crippen LogP contribution is -2.33. The van der Waals surface area contributed by atoms with E-state index in [0.29, 0.717) is 0 Å². The van der Waals surface area contributed by atoms with Crippen LogP contribution in [-0.2, 0) is 6.54 Å². The number of aromatic nitrogens is 2. The van der Waals surface area contributed by atoms with E-state index in [2.05, 4.69) is 95.8 Å². The predicted molar refractivity (Wildman–Crippen MR) is 147 cm³/mol. The normalized spacial score (nSPS) is 13.9. The fourth-order valence-corrected chi connectivity index (χ4v) is 4.82. The molecule has 3 aromatic rings. The van der Waals surface area contributed by atoms with Gasteiger partial charge in [-0.3, -0.25) is 4.90 Å². The third-order valence-electron chi connectivity index (χ3n) is 6.41. The Morgan fingerprint density at radius 1 is 0.882 bits per heavy atom. The summed E-state index contributed by atoms with van der Waals surface area (Å²) in [5, 5.41) is 12.4. The van der Waals surface area contributed by atoms with E-state index in [1.165, 1.54) is 60.2 Å². The van der Waals surface area contributed by atoms with Gasteiger partial charge in [0.15, 0.2) is 0 Å². The number of hydrogen-bond acceptors (Lipinski definition) is 4. The van der Waals surface area contributed by atoms with Crippen LogP contribution in [0, 0.1) is 26.7 Å². The number of aryl methyl sites for hydroxylation is 3. The molecule has 3 N–H and O–H groups in total. The van der Waals surface area contributed by atoms with Crippen molar-refractivity contribution in [2.24, 2.45) is 5.92 Å². The molecule has 1 aromatic heterocycles. The number of piperidine rings is 1. The van der Waals surface area contributed by atoms with Crippen LogP contribution in [0.4, 0.5) is 5.82 Å². The zero-order valence-corrected chi connectivity index (χ0v) is 22.0. The van der Waals surface area contributed by atoms with E-state index in [1.54, 1.807) is 0 Å². The summed E-state index contributed by atoms with van der Waals surface area (Å²) in [5.74, 6) is 1.66. The summed E-state index contributed by atoms with van der Waals surface area (Å²) in [6, 6.07) is 19.4. The molecule has 1 aliphatic rings. The van der Waals surface area contributed by atoms with Gasteiger partial charge in [0.1, 0.15) is 5.82 Å². The Morgan fingerprint density at radius 2 is 1.53 bits per heavy atom. The Labute approximate surface area is 216 Å². The molecule has 5 nitrogen and oxygen atoms in total. The number of rotatable bonds is 7. The van der Waals surface area contributed by atoms with Gasteiger partial charge < -0.3 is 10.8 Å². The molecule has 0 amide bonds. The first-order chi connectivity index (χ1) is 15.1. The number of nitrogens with zero attached hydrogens (tertiary/aromatic N) is 3. The van der Waals surface area contributed by atoms with Crippen molar-refractivity contribution in [1.82, 2.24) is 15.1 Å². The van der Waals surface area contributed by atoms with Crippen LogP contribution in [-0.4, -0.2) is 40.2 Å². The second-order valence-corrected chi connectivity index (χ2v) is 9.00. The van der Waals surface area contributed by atoms with E-state index in [4.69, 9.17) is 0 Å². The smallest absolute Gasteiger partial charge is 0.148 e. The molecule has 0 atom stereocenters. The minimum atomic E-state index is 0. The average Bonchev–Trinajstić information content (AvgIpc) is 2.76. The molecule has 0 aliphatic carbocycles. The van der Waals surface area contributed by atoms with E-state index in [-0.39, 0.29) is 30.3 Å². The maximum atomic E-state index is 4.50. The maximum Gasteiger partial charge on any atom is 0.148 e. The standard InChI is InChI=1S/C27H34N4.2ClH.H2O/c1-20-17-21(2)27(22(3)18-20)25-9-10-26(30-29-25)28-14-11-23-12-15-31(16-13-23)19-24-7-5-4-6-8-24;;;/h4-10,17-18,23H,11-16,19H2,1-3H3,(H,28,30);2*1H;1H2. The van der Waals surface area contributed by atoms with Crippen LogP contribution >= 0.6 is 24.8 Å². The zero-order chi connectivity index (χ0) is 21.6. The summed E-state index contributed by atoms with van der Waals surface area (Å²) in [6.07, 6.45) is 3.76. The van der Waals surface area contributed by atoms with Crippen molar-refractivity contribution in [2.75, 3.05) is 25.0 Å². The van der Waals surface area contributed by atoms with Gasteiger partial charge in [-0.2, -0.15) is 0 Å². The minimum absolute atomic E-state index is 0. The number of hydrogen-bond donors (Lipinski definition) is 1. The Balaban J connectivity index is 0.00000193. The highest BCUT2D eigenvalue weighted by atomic mass is 35.5. The van der Waals surface area contributed by atoms with Crippen molar-refractivity contribution < 1.29 is 5.48 Å². The van der Waals surface area contributed by atoms with Gasteiger partial charge in [-0.25, -0.2) is 0 Å². The van der Waals surface area contributed by atoms with Gasteiger partial charge in [-0.1, -0.05) is 48.0 Å². The van der Waals surface area contributed by atoms with Gasteiger partial charge in [-0.15, -0.1) is 35.0 Å². The van der Waals surface area contributed by atoms with E-state index >= 15 is 0 Å². The first-order valence-electron chi connectivity index (χ1n) is 11.5. The molecule has 2 heterocycles. The third-order valence-corrected chi connectivity index (χ3v) is 6.41. The molecule has 0 radical (unpaired) electrons. The molecule has 7 heteroatoms. The molecule has 4 rings (SSSR count). The van der Waals surface area contributed by atoms with Gasteiger partial charge in [0.05, 0.1) is 5.69 Å². The van der Waals surface area contributed by atoms with Gasteiger partial charge >= 0.3 is 0 Å². The highest BCUT2D eigenvalue weighted by molar-refractivity contribution is 5.85. The number of anilines is 1. The molecule has 1 saturated heterocycles. The monoisotopic (exact) mass is 504 g/mol. The van der Waals surface area contributed by atoms with E-state index < -0.39 is 0 Å². The average molecular weight is 506 g/mol. The van der Waals surface area contributed by atoms with E-state index in [0.717, 1.165) is 30.5 Å². The maximum absolute atomic E-state index is 4.50. The first kappa shape index (κ1) is 29.9. The van der Waals surface area contributed by atoms with Gasteiger partial charge in [0, 0.05) is 18.7 Å². The lowest BCUT2D eigenvalue weighted by molar-refractivity contribution is 0.174. The van der Waals surface area contributed by atoms with Crippen LogP contribution in [0.1, 0.15) is 41.5 Å². The second kappa shape index (κ2) is 14.3. The first-order valence-corrected chi connectivity index (χ1v) is 11.5. The Kier molecular flexibility index (Phi) is 12.5. The Bertz CT molecular complexity index is 968. The van der Waals surface area contributed by atoms with Gasteiger partial charge in [0.25, 0.3) is 0 Å². The van der Waals surface area contributed by atoms with Crippen molar-refractivity contribution in [1.29, 1.82) is 0 Å². The Hall–Kier alpha value is -2.18. The molecular formula is C27H38Cl2N4O. The van der Waals surface area contributed by atoms with Crippen molar-refractivity contribution in [3.8, 4) is 11.3 Å². The van der Waals surface area contributed by atoms with Crippen LogP contribution in [0.5, 0.6) is 0 Å². The molecule has 186 valence electrons. The summed E-state index contributed by atoms with van der Waals surface area (Å²) >= 11 is 0. The van der Waals surface area contributed by atoms with Gasteiger partial charge in [0.2, 0.25) is 0 Å². The van der Waals surface area contributed by atoms with E-state index in [9.17, 15) is 0 Å². The number of likely N-dealkylation sites (tertiary alicyclic amines) is 1. The summed E-state index contributed by atoms with van der Waals surface area (Å²) in [5.41, 5.74) is 7.37. The Morgan fingerprint density at radius 3 is 2.12 bits per heavy atom. The topological polar surface area (TPSA) is 72.5 Å². The van der Waals surface area contributed by atoms with Crippen LogP contribution in [0.2, 0.25) is 0 Å². The largest absolute Gasteiger partial charge is 0.412 e. The quantitative estimate of drug-likeness (QED) is 0.440. The van der Waals surface area contributed by atoms with Crippen molar-refractivity contribution in [2.45, 2.75) is 46.6 Å². The number of nitrogens with one attached hydrogen (secondary N) is 1.